The van der Waals surface area contributed by atoms with Crippen LogP contribution < -0.4 is 10.6 Å². The Balaban J connectivity index is 1.54. The molecule has 0 radical (unpaired) electrons. The van der Waals surface area contributed by atoms with Gasteiger partial charge in [-0.2, -0.15) is 11.8 Å². The van der Waals surface area contributed by atoms with Crippen LogP contribution in [0, 0.1) is 0 Å². The van der Waals surface area contributed by atoms with Gasteiger partial charge >= 0.3 is 0 Å². The molecule has 3 heterocycles. The number of rotatable bonds is 2. The SMILES string of the molecule is O=C(Nc1ccc2c(c1)CCN2)c1cc2c(s1)CCSC2. The summed E-state index contributed by atoms with van der Waals surface area (Å²) in [5.74, 6) is 2.24. The molecular weight excluding hydrogens is 300 g/mol. The average molecular weight is 316 g/mol. The summed E-state index contributed by atoms with van der Waals surface area (Å²) in [6, 6.07) is 8.17. The number of amides is 1. The quantitative estimate of drug-likeness (QED) is 0.886. The van der Waals surface area contributed by atoms with Gasteiger partial charge in [0.2, 0.25) is 0 Å². The van der Waals surface area contributed by atoms with Gasteiger partial charge in [0.25, 0.3) is 5.91 Å². The van der Waals surface area contributed by atoms with Gasteiger partial charge in [-0.1, -0.05) is 0 Å². The number of fused-ring (bicyclic) bond motifs is 2. The number of nitrogens with one attached hydrogen (secondary N) is 2. The highest BCUT2D eigenvalue weighted by Crippen LogP contribution is 2.32. The first kappa shape index (κ1) is 13.2. The second kappa shape index (κ2) is 5.39. The molecule has 0 unspecified atom stereocenters. The van der Waals surface area contributed by atoms with Gasteiger partial charge in [0.1, 0.15) is 0 Å². The summed E-state index contributed by atoms with van der Waals surface area (Å²) in [7, 11) is 0. The van der Waals surface area contributed by atoms with E-state index in [0.29, 0.717) is 0 Å². The number of hydrogen-bond acceptors (Lipinski definition) is 4. The monoisotopic (exact) mass is 316 g/mol. The summed E-state index contributed by atoms with van der Waals surface area (Å²) in [6.45, 7) is 0.988. The van der Waals surface area contributed by atoms with Gasteiger partial charge in [-0.25, -0.2) is 0 Å². The van der Waals surface area contributed by atoms with E-state index in [1.165, 1.54) is 27.4 Å². The number of hydrogen-bond donors (Lipinski definition) is 2. The second-order valence-corrected chi connectivity index (χ2v) is 7.61. The Kier molecular flexibility index (Phi) is 3.39. The van der Waals surface area contributed by atoms with Gasteiger partial charge in [0, 0.05) is 28.5 Å². The number of anilines is 2. The minimum atomic E-state index is 0.0188. The minimum absolute atomic E-state index is 0.0188. The van der Waals surface area contributed by atoms with Crippen molar-refractivity contribution in [1.29, 1.82) is 0 Å². The highest BCUT2D eigenvalue weighted by atomic mass is 32.2. The van der Waals surface area contributed by atoms with Crippen LogP contribution in [-0.4, -0.2) is 18.2 Å². The summed E-state index contributed by atoms with van der Waals surface area (Å²) >= 11 is 3.60. The molecule has 0 fully saturated rings. The predicted octanol–water partition coefficient (Wildman–Crippen LogP) is 3.76. The lowest BCUT2D eigenvalue weighted by atomic mass is 10.1. The molecular formula is C16H16N2OS2. The van der Waals surface area contributed by atoms with E-state index in [1.807, 2.05) is 23.9 Å². The van der Waals surface area contributed by atoms with Crippen LogP contribution in [0.5, 0.6) is 0 Å². The van der Waals surface area contributed by atoms with Crippen molar-refractivity contribution in [3.05, 3.63) is 45.1 Å². The van der Waals surface area contributed by atoms with Gasteiger partial charge < -0.3 is 10.6 Å². The third-order valence-corrected chi connectivity index (χ3v) is 6.17. The van der Waals surface area contributed by atoms with E-state index in [1.54, 1.807) is 11.3 Å². The Labute approximate surface area is 132 Å². The third-order valence-electron chi connectivity index (χ3n) is 3.92. The maximum Gasteiger partial charge on any atom is 0.265 e. The molecule has 0 saturated heterocycles. The fraction of sp³-hybridized carbons (Fsp3) is 0.312. The van der Waals surface area contributed by atoms with Crippen LogP contribution in [0.2, 0.25) is 0 Å². The van der Waals surface area contributed by atoms with Gasteiger partial charge in [-0.3, -0.25) is 4.79 Å². The standard InChI is InChI=1S/C16H16N2OS2/c19-16(15-8-11-9-20-6-4-14(11)21-15)18-12-1-2-13-10(7-12)3-5-17-13/h1-2,7-8,17H,3-6,9H2,(H,18,19). The summed E-state index contributed by atoms with van der Waals surface area (Å²) < 4.78 is 0. The van der Waals surface area contributed by atoms with Crippen molar-refractivity contribution in [2.24, 2.45) is 0 Å². The van der Waals surface area contributed by atoms with E-state index in [0.717, 1.165) is 35.7 Å². The molecule has 108 valence electrons. The molecule has 2 N–H and O–H groups in total. The number of thiophene rings is 1. The zero-order chi connectivity index (χ0) is 14.2. The molecule has 5 heteroatoms. The van der Waals surface area contributed by atoms with Gasteiger partial charge in [0.05, 0.1) is 4.88 Å². The summed E-state index contributed by atoms with van der Waals surface area (Å²) in [5, 5.41) is 6.37. The van der Waals surface area contributed by atoms with Crippen LogP contribution in [0.3, 0.4) is 0 Å². The van der Waals surface area contributed by atoms with E-state index >= 15 is 0 Å². The predicted molar refractivity (Wildman–Crippen MR) is 90.8 cm³/mol. The highest BCUT2D eigenvalue weighted by molar-refractivity contribution is 7.98. The van der Waals surface area contributed by atoms with Crippen molar-refractivity contribution >= 4 is 40.4 Å². The Morgan fingerprint density at radius 1 is 1.19 bits per heavy atom. The van der Waals surface area contributed by atoms with Crippen molar-refractivity contribution in [3.63, 3.8) is 0 Å². The van der Waals surface area contributed by atoms with E-state index in [2.05, 4.69) is 22.8 Å². The van der Waals surface area contributed by atoms with Crippen molar-refractivity contribution in [2.75, 3.05) is 22.9 Å². The van der Waals surface area contributed by atoms with Crippen LogP contribution in [0.25, 0.3) is 0 Å². The Hall–Kier alpha value is -1.46. The Morgan fingerprint density at radius 2 is 2.14 bits per heavy atom. The van der Waals surface area contributed by atoms with Crippen LogP contribution in [-0.2, 0) is 18.6 Å². The van der Waals surface area contributed by atoms with Crippen molar-refractivity contribution in [3.8, 4) is 0 Å². The van der Waals surface area contributed by atoms with Gasteiger partial charge in [-0.15, -0.1) is 11.3 Å². The lowest BCUT2D eigenvalue weighted by Gasteiger charge is -2.08. The number of aryl methyl sites for hydroxylation is 1. The van der Waals surface area contributed by atoms with Gasteiger partial charge in [-0.05, 0) is 54.0 Å². The third kappa shape index (κ3) is 2.56. The highest BCUT2D eigenvalue weighted by Gasteiger charge is 2.18. The average Bonchev–Trinajstić information content (AvgIpc) is 3.13. The lowest BCUT2D eigenvalue weighted by Crippen LogP contribution is -2.10. The van der Waals surface area contributed by atoms with Gasteiger partial charge in [0.15, 0.2) is 0 Å². The molecule has 4 rings (SSSR count). The van der Waals surface area contributed by atoms with Crippen molar-refractivity contribution < 1.29 is 4.79 Å². The summed E-state index contributed by atoms with van der Waals surface area (Å²) in [5.41, 5.74) is 4.72. The molecule has 0 atom stereocenters. The first-order valence-corrected chi connectivity index (χ1v) is 9.14. The van der Waals surface area contributed by atoms with Crippen molar-refractivity contribution in [2.45, 2.75) is 18.6 Å². The molecule has 0 aliphatic carbocycles. The molecule has 1 amide bonds. The number of thioether (sulfide) groups is 1. The second-order valence-electron chi connectivity index (χ2n) is 5.36. The molecule has 1 aromatic heterocycles. The van der Waals surface area contributed by atoms with Crippen LogP contribution in [0.1, 0.15) is 25.7 Å². The summed E-state index contributed by atoms with van der Waals surface area (Å²) in [4.78, 5) is 14.6. The van der Waals surface area contributed by atoms with E-state index in [-0.39, 0.29) is 5.91 Å². The molecule has 0 spiro atoms. The van der Waals surface area contributed by atoms with E-state index in [4.69, 9.17) is 0 Å². The molecule has 2 aromatic rings. The molecule has 2 aliphatic heterocycles. The number of benzene rings is 1. The molecule has 1 aromatic carbocycles. The maximum absolute atomic E-state index is 12.4. The molecule has 2 aliphatic rings. The Bertz CT molecular complexity index is 685. The first-order valence-electron chi connectivity index (χ1n) is 7.17. The fourth-order valence-electron chi connectivity index (χ4n) is 2.83. The van der Waals surface area contributed by atoms with E-state index in [9.17, 15) is 4.79 Å². The topological polar surface area (TPSA) is 41.1 Å². The Morgan fingerprint density at radius 3 is 3.05 bits per heavy atom. The fourth-order valence-corrected chi connectivity index (χ4v) is 5.10. The van der Waals surface area contributed by atoms with Crippen molar-refractivity contribution in [1.82, 2.24) is 0 Å². The van der Waals surface area contributed by atoms with Crippen LogP contribution >= 0.6 is 23.1 Å². The number of carbonyl (C=O) groups excluding carboxylic acids is 1. The molecule has 0 bridgehead atoms. The zero-order valence-electron chi connectivity index (χ0n) is 11.6. The van der Waals surface area contributed by atoms with Crippen LogP contribution in [0.15, 0.2) is 24.3 Å². The van der Waals surface area contributed by atoms with E-state index < -0.39 is 0 Å². The van der Waals surface area contributed by atoms with Crippen LogP contribution in [0.4, 0.5) is 11.4 Å². The lowest BCUT2D eigenvalue weighted by molar-refractivity contribution is 0.103. The molecule has 3 nitrogen and oxygen atoms in total. The maximum atomic E-state index is 12.4. The number of carbonyl (C=O) groups is 1. The first-order chi connectivity index (χ1) is 10.3. The zero-order valence-corrected chi connectivity index (χ0v) is 13.2. The summed E-state index contributed by atoms with van der Waals surface area (Å²) in [6.07, 6.45) is 2.13. The largest absolute Gasteiger partial charge is 0.384 e. The molecule has 0 saturated carbocycles. The normalized spacial score (nSPS) is 16.0. The smallest absolute Gasteiger partial charge is 0.265 e. The molecule has 21 heavy (non-hydrogen) atoms. The minimum Gasteiger partial charge on any atom is -0.384 e.